The first-order valence-corrected chi connectivity index (χ1v) is 13.0. The number of hydrazine groups is 2. The summed E-state index contributed by atoms with van der Waals surface area (Å²) in [6, 6.07) is 6.17. The van der Waals surface area contributed by atoms with Crippen LogP contribution in [-0.2, 0) is 14.8 Å². The zero-order chi connectivity index (χ0) is 24.5. The Morgan fingerprint density at radius 1 is 1.25 bits per heavy atom. The molecule has 1 aromatic rings. The summed E-state index contributed by atoms with van der Waals surface area (Å²) in [5, 5.41) is 4.54. The van der Waals surface area contributed by atoms with E-state index in [0.29, 0.717) is 5.69 Å². The predicted molar refractivity (Wildman–Crippen MR) is 138 cm³/mol. The summed E-state index contributed by atoms with van der Waals surface area (Å²) < 4.78 is 25.2. The molecule has 2 rings (SSSR count). The molecule has 1 aliphatic carbocycles. The average Bonchev–Trinajstić information content (AvgIpc) is 3.19. The number of nitrogens with one attached hydrogen (secondary N) is 3. The first kappa shape index (κ1) is 26.8. The molecule has 0 aromatic heterocycles. The van der Waals surface area contributed by atoms with Gasteiger partial charge in [-0.25, -0.2) is 8.42 Å². The van der Waals surface area contributed by atoms with E-state index >= 15 is 0 Å². The number of nitrogens with zero attached hydrogens (tertiary/aromatic N) is 1. The lowest BCUT2D eigenvalue weighted by molar-refractivity contribution is -0.122. The molecule has 1 saturated carbocycles. The van der Waals surface area contributed by atoms with Crippen molar-refractivity contribution in [1.29, 1.82) is 0 Å². The van der Waals surface area contributed by atoms with Crippen molar-refractivity contribution in [2.45, 2.75) is 62.7 Å². The summed E-state index contributed by atoms with van der Waals surface area (Å²) in [7, 11) is -2.09. The summed E-state index contributed by atoms with van der Waals surface area (Å²) in [6.45, 7) is 16.0. The fraction of sp³-hybridized carbons (Fsp3) is 0.522. The lowest BCUT2D eigenvalue weighted by atomic mass is 9.86. The van der Waals surface area contributed by atoms with Crippen molar-refractivity contribution >= 4 is 44.2 Å². The minimum atomic E-state index is -3.79. The third-order valence-corrected chi connectivity index (χ3v) is 7.46. The molecule has 1 aliphatic rings. The smallest absolute Gasteiger partial charge is 0.254 e. The van der Waals surface area contributed by atoms with Gasteiger partial charge in [-0.15, -0.1) is 4.83 Å². The van der Waals surface area contributed by atoms with E-state index in [9.17, 15) is 13.2 Å². The summed E-state index contributed by atoms with van der Waals surface area (Å²) in [6.07, 6.45) is 3.45. The van der Waals surface area contributed by atoms with Gasteiger partial charge >= 0.3 is 0 Å². The van der Waals surface area contributed by atoms with Crippen molar-refractivity contribution in [1.82, 2.24) is 15.4 Å². The standard InChI is InChI=1S/C23H35IN4O3S/c1-16(2)13-17(3)28(8)26-27-32(30,31)19-11-9-18(10-12-19)25-20(29)23(14-21(23,4)5)15-22(6,7)24/h9-13,26-27H,1,14-15H2,2-8H3,(H,25,29)/b17-13-. The Morgan fingerprint density at radius 3 is 2.22 bits per heavy atom. The summed E-state index contributed by atoms with van der Waals surface area (Å²) in [5.41, 5.74) is 4.41. The molecule has 32 heavy (non-hydrogen) atoms. The van der Waals surface area contributed by atoms with E-state index < -0.39 is 15.4 Å². The molecule has 1 fully saturated rings. The summed E-state index contributed by atoms with van der Waals surface area (Å²) in [5.74, 6) is -0.0101. The maximum absolute atomic E-state index is 13.1. The Labute approximate surface area is 206 Å². The van der Waals surface area contributed by atoms with Crippen LogP contribution in [-0.4, -0.2) is 29.8 Å². The summed E-state index contributed by atoms with van der Waals surface area (Å²) in [4.78, 5) is 15.6. The molecule has 0 spiro atoms. The van der Waals surface area contributed by atoms with Gasteiger partial charge < -0.3 is 10.3 Å². The maximum atomic E-state index is 13.1. The number of anilines is 1. The normalized spacial score (nSPS) is 20.6. The fourth-order valence-corrected chi connectivity index (χ4v) is 5.42. The van der Waals surface area contributed by atoms with Gasteiger partial charge in [0.1, 0.15) is 0 Å². The highest BCUT2D eigenvalue weighted by Crippen LogP contribution is 2.67. The van der Waals surface area contributed by atoms with Crippen molar-refractivity contribution < 1.29 is 13.2 Å². The maximum Gasteiger partial charge on any atom is 0.254 e. The topological polar surface area (TPSA) is 90.5 Å². The zero-order valence-electron chi connectivity index (χ0n) is 20.0. The van der Waals surface area contributed by atoms with Crippen LogP contribution in [0.2, 0.25) is 0 Å². The molecule has 3 N–H and O–H groups in total. The highest BCUT2D eigenvalue weighted by molar-refractivity contribution is 14.1. The monoisotopic (exact) mass is 574 g/mol. The van der Waals surface area contributed by atoms with E-state index in [1.54, 1.807) is 24.2 Å². The van der Waals surface area contributed by atoms with Crippen molar-refractivity contribution in [3.05, 3.63) is 48.2 Å². The molecule has 1 aromatic carbocycles. The lowest BCUT2D eigenvalue weighted by Gasteiger charge is -2.27. The van der Waals surface area contributed by atoms with Gasteiger partial charge in [-0.1, -0.05) is 62.4 Å². The number of carbonyl (C=O) groups is 1. The van der Waals surface area contributed by atoms with Gasteiger partial charge in [-0.3, -0.25) is 4.79 Å². The molecule has 0 heterocycles. The largest absolute Gasteiger partial charge is 0.326 e. The van der Waals surface area contributed by atoms with Crippen LogP contribution in [0, 0.1) is 10.8 Å². The van der Waals surface area contributed by atoms with Crippen LogP contribution in [0.1, 0.15) is 54.4 Å². The molecule has 0 aliphatic heterocycles. The molecule has 0 radical (unpaired) electrons. The number of hydrogen-bond acceptors (Lipinski definition) is 5. The number of allylic oxidation sites excluding steroid dienone is 3. The Bertz CT molecular complexity index is 1010. The van der Waals surface area contributed by atoms with Crippen molar-refractivity contribution in [3.63, 3.8) is 0 Å². The van der Waals surface area contributed by atoms with Gasteiger partial charge in [0, 0.05) is 21.9 Å². The van der Waals surface area contributed by atoms with Crippen LogP contribution in [0.15, 0.2) is 53.1 Å². The number of alkyl halides is 1. The number of benzene rings is 1. The summed E-state index contributed by atoms with van der Waals surface area (Å²) >= 11 is 2.39. The number of halogens is 1. The predicted octanol–water partition coefficient (Wildman–Crippen LogP) is 4.75. The third kappa shape index (κ3) is 6.55. The molecule has 0 bridgehead atoms. The number of amides is 1. The Kier molecular flexibility index (Phi) is 7.91. The van der Waals surface area contributed by atoms with Gasteiger partial charge in [0.2, 0.25) is 5.91 Å². The fourth-order valence-electron chi connectivity index (χ4n) is 3.89. The van der Waals surface area contributed by atoms with Gasteiger partial charge in [-0.05, 0) is 62.4 Å². The van der Waals surface area contributed by atoms with E-state index in [2.05, 4.69) is 72.5 Å². The highest BCUT2D eigenvalue weighted by atomic mass is 127. The van der Waals surface area contributed by atoms with Crippen LogP contribution in [0.3, 0.4) is 0 Å². The van der Waals surface area contributed by atoms with Crippen LogP contribution in [0.5, 0.6) is 0 Å². The van der Waals surface area contributed by atoms with Crippen molar-refractivity contribution in [2.75, 3.05) is 12.4 Å². The van der Waals surface area contributed by atoms with Crippen molar-refractivity contribution in [2.24, 2.45) is 10.8 Å². The second-order valence-corrected chi connectivity index (χ2v) is 14.5. The Morgan fingerprint density at radius 2 is 1.78 bits per heavy atom. The second-order valence-electron chi connectivity index (χ2n) is 9.93. The molecule has 7 nitrogen and oxygen atoms in total. The molecule has 0 saturated heterocycles. The third-order valence-electron chi connectivity index (χ3n) is 5.83. The molecule has 1 atom stereocenters. The van der Waals surface area contributed by atoms with Gasteiger partial charge in [0.05, 0.1) is 10.3 Å². The highest BCUT2D eigenvalue weighted by Gasteiger charge is 2.66. The number of hydrogen-bond donors (Lipinski definition) is 3. The lowest BCUT2D eigenvalue weighted by Crippen LogP contribution is -2.46. The number of carbonyl (C=O) groups excluding carboxylic acids is 1. The van der Waals surface area contributed by atoms with Gasteiger partial charge in [0.25, 0.3) is 10.0 Å². The van der Waals surface area contributed by atoms with Crippen LogP contribution in [0.4, 0.5) is 5.69 Å². The van der Waals surface area contributed by atoms with E-state index in [1.165, 1.54) is 12.1 Å². The molecule has 1 unspecified atom stereocenters. The molecule has 1 amide bonds. The molecule has 9 heteroatoms. The molecular weight excluding hydrogens is 539 g/mol. The van der Waals surface area contributed by atoms with Gasteiger partial charge in [-0.2, -0.15) is 5.53 Å². The first-order valence-electron chi connectivity index (χ1n) is 10.4. The quantitative estimate of drug-likeness (QED) is 0.162. The van der Waals surface area contributed by atoms with Gasteiger partial charge in [0.15, 0.2) is 0 Å². The van der Waals surface area contributed by atoms with Crippen LogP contribution in [0.25, 0.3) is 0 Å². The zero-order valence-corrected chi connectivity index (χ0v) is 22.9. The minimum Gasteiger partial charge on any atom is -0.326 e. The van der Waals surface area contributed by atoms with Crippen molar-refractivity contribution in [3.8, 4) is 0 Å². The van der Waals surface area contributed by atoms with Crippen LogP contribution < -0.4 is 15.7 Å². The second kappa shape index (κ2) is 9.44. The van der Waals surface area contributed by atoms with E-state index in [1.807, 2.05) is 19.9 Å². The van der Waals surface area contributed by atoms with E-state index in [4.69, 9.17) is 0 Å². The Balaban J connectivity index is 2.06. The number of sulfonamides is 1. The first-order chi connectivity index (χ1) is 14.5. The molecule has 178 valence electrons. The molecular formula is C23H35IN4O3S. The Hall–Kier alpha value is -1.43. The van der Waals surface area contributed by atoms with E-state index in [-0.39, 0.29) is 19.6 Å². The average molecular weight is 575 g/mol. The SMILES string of the molecule is C=C(C)/C=C(/C)N(C)NNS(=O)(=O)c1ccc(NC(=O)C2(CC(C)(C)I)CC2(C)C)cc1. The number of rotatable bonds is 10. The van der Waals surface area contributed by atoms with Crippen LogP contribution >= 0.6 is 22.6 Å². The minimum absolute atomic E-state index is 0.00451. The van der Waals surface area contributed by atoms with E-state index in [0.717, 1.165) is 24.1 Å².